The summed E-state index contributed by atoms with van der Waals surface area (Å²) in [4.78, 5) is 13.7. The van der Waals surface area contributed by atoms with Gasteiger partial charge in [-0.3, -0.25) is 9.69 Å². The number of rotatable bonds is 6. The first kappa shape index (κ1) is 12.8. The van der Waals surface area contributed by atoms with E-state index in [0.29, 0.717) is 6.54 Å². The van der Waals surface area contributed by atoms with E-state index in [1.165, 1.54) is 0 Å². The molecule has 15 heavy (non-hydrogen) atoms. The first-order chi connectivity index (χ1) is 7.33. The molecule has 1 rings (SSSR count). The normalized spacial score (nSPS) is 17.7. The Morgan fingerprint density at radius 3 is 2.87 bits per heavy atom. The lowest BCUT2D eigenvalue weighted by molar-refractivity contribution is -0.122. The molecule has 5 heteroatoms. The second kappa shape index (κ2) is 7.96. The molecule has 1 fully saturated rings. The third kappa shape index (κ3) is 6.02. The lowest BCUT2D eigenvalue weighted by Gasteiger charge is -2.26. The van der Waals surface area contributed by atoms with E-state index in [1.807, 2.05) is 11.8 Å². The standard InChI is InChI=1S/C10H21N3OS/c1-15-8-2-3-12-10(14)9-13-6-4-11-5-7-13/h11H,2-9H2,1H3,(H,12,14). The lowest BCUT2D eigenvalue weighted by atomic mass is 10.3. The molecule has 0 aromatic carbocycles. The van der Waals surface area contributed by atoms with E-state index in [4.69, 9.17) is 0 Å². The van der Waals surface area contributed by atoms with Gasteiger partial charge in [0.25, 0.3) is 0 Å². The summed E-state index contributed by atoms with van der Waals surface area (Å²) in [6.45, 7) is 5.34. The number of amides is 1. The van der Waals surface area contributed by atoms with E-state index in [-0.39, 0.29) is 5.91 Å². The predicted molar refractivity (Wildman–Crippen MR) is 65.3 cm³/mol. The highest BCUT2D eigenvalue weighted by molar-refractivity contribution is 7.98. The van der Waals surface area contributed by atoms with E-state index >= 15 is 0 Å². The van der Waals surface area contributed by atoms with E-state index in [1.54, 1.807) is 0 Å². The van der Waals surface area contributed by atoms with Crippen LogP contribution in [0.15, 0.2) is 0 Å². The second-order valence-electron chi connectivity index (χ2n) is 3.72. The van der Waals surface area contributed by atoms with Crippen molar-refractivity contribution in [1.82, 2.24) is 15.5 Å². The van der Waals surface area contributed by atoms with Crippen molar-refractivity contribution in [3.8, 4) is 0 Å². The number of nitrogens with one attached hydrogen (secondary N) is 2. The molecular weight excluding hydrogens is 210 g/mol. The van der Waals surface area contributed by atoms with Crippen LogP contribution in [-0.2, 0) is 4.79 Å². The van der Waals surface area contributed by atoms with Gasteiger partial charge in [0.1, 0.15) is 0 Å². The summed E-state index contributed by atoms with van der Waals surface area (Å²) in [6, 6.07) is 0. The van der Waals surface area contributed by atoms with Crippen LogP contribution in [0.4, 0.5) is 0 Å². The molecule has 1 aliphatic heterocycles. The molecule has 1 saturated heterocycles. The fraction of sp³-hybridized carbons (Fsp3) is 0.900. The van der Waals surface area contributed by atoms with Gasteiger partial charge in [-0.15, -0.1) is 0 Å². The number of thioether (sulfide) groups is 1. The van der Waals surface area contributed by atoms with Crippen molar-refractivity contribution in [3.63, 3.8) is 0 Å². The number of piperazine rings is 1. The van der Waals surface area contributed by atoms with Crippen LogP contribution in [0.3, 0.4) is 0 Å². The Hall–Kier alpha value is -0.260. The molecule has 0 aliphatic carbocycles. The summed E-state index contributed by atoms with van der Waals surface area (Å²) in [6.07, 6.45) is 3.15. The van der Waals surface area contributed by atoms with Crippen molar-refractivity contribution >= 4 is 17.7 Å². The van der Waals surface area contributed by atoms with E-state index in [0.717, 1.165) is 44.9 Å². The molecule has 0 radical (unpaired) electrons. The lowest BCUT2D eigenvalue weighted by Crippen LogP contribution is -2.47. The van der Waals surface area contributed by atoms with Crippen molar-refractivity contribution in [3.05, 3.63) is 0 Å². The largest absolute Gasteiger partial charge is 0.355 e. The smallest absolute Gasteiger partial charge is 0.234 e. The van der Waals surface area contributed by atoms with Gasteiger partial charge in [-0.25, -0.2) is 0 Å². The van der Waals surface area contributed by atoms with Gasteiger partial charge in [-0.05, 0) is 18.4 Å². The predicted octanol–water partition coefficient (Wildman–Crippen LogP) is -0.239. The van der Waals surface area contributed by atoms with Gasteiger partial charge in [0.05, 0.1) is 6.54 Å². The van der Waals surface area contributed by atoms with E-state index in [9.17, 15) is 4.79 Å². The zero-order chi connectivity index (χ0) is 10.9. The minimum absolute atomic E-state index is 0.165. The summed E-state index contributed by atoms with van der Waals surface area (Å²) in [5, 5.41) is 6.22. The molecule has 0 saturated carbocycles. The molecule has 1 aliphatic rings. The summed E-state index contributed by atoms with van der Waals surface area (Å²) in [5.74, 6) is 1.28. The monoisotopic (exact) mass is 231 g/mol. The zero-order valence-corrected chi connectivity index (χ0v) is 10.2. The molecule has 0 spiro atoms. The number of nitrogens with zero attached hydrogens (tertiary/aromatic N) is 1. The minimum Gasteiger partial charge on any atom is -0.355 e. The Morgan fingerprint density at radius 1 is 1.47 bits per heavy atom. The average Bonchev–Trinajstić information content (AvgIpc) is 2.26. The van der Waals surface area contributed by atoms with Crippen molar-refractivity contribution in [2.45, 2.75) is 6.42 Å². The summed E-state index contributed by atoms with van der Waals surface area (Å²) in [5.41, 5.74) is 0. The second-order valence-corrected chi connectivity index (χ2v) is 4.71. The Labute approximate surface area is 96.2 Å². The fourth-order valence-electron chi connectivity index (χ4n) is 1.57. The van der Waals surface area contributed by atoms with Gasteiger partial charge < -0.3 is 10.6 Å². The third-order valence-corrected chi connectivity index (χ3v) is 3.12. The molecule has 0 bridgehead atoms. The van der Waals surface area contributed by atoms with Crippen molar-refractivity contribution in [2.24, 2.45) is 0 Å². The fourth-order valence-corrected chi connectivity index (χ4v) is 2.01. The van der Waals surface area contributed by atoms with Gasteiger partial charge >= 0.3 is 0 Å². The summed E-state index contributed by atoms with van der Waals surface area (Å²) >= 11 is 1.82. The topological polar surface area (TPSA) is 44.4 Å². The number of carbonyl (C=O) groups excluding carboxylic acids is 1. The molecule has 4 nitrogen and oxygen atoms in total. The third-order valence-electron chi connectivity index (χ3n) is 2.42. The SMILES string of the molecule is CSCCCNC(=O)CN1CCNCC1. The van der Waals surface area contributed by atoms with Crippen LogP contribution in [0.25, 0.3) is 0 Å². The highest BCUT2D eigenvalue weighted by atomic mass is 32.2. The first-order valence-corrected chi connectivity index (χ1v) is 6.91. The van der Waals surface area contributed by atoms with Crippen LogP contribution >= 0.6 is 11.8 Å². The number of carbonyl (C=O) groups is 1. The maximum absolute atomic E-state index is 11.5. The maximum atomic E-state index is 11.5. The van der Waals surface area contributed by atoms with Gasteiger partial charge in [0, 0.05) is 32.7 Å². The Bertz CT molecular complexity index is 184. The van der Waals surface area contributed by atoms with Crippen LogP contribution < -0.4 is 10.6 Å². The summed E-state index contributed by atoms with van der Waals surface area (Å²) in [7, 11) is 0. The Balaban J connectivity index is 2.01. The molecule has 1 heterocycles. The van der Waals surface area contributed by atoms with E-state index < -0.39 is 0 Å². The molecule has 0 aromatic rings. The van der Waals surface area contributed by atoms with Gasteiger partial charge in [-0.2, -0.15) is 11.8 Å². The molecular formula is C10H21N3OS. The Kier molecular flexibility index (Phi) is 6.80. The zero-order valence-electron chi connectivity index (χ0n) is 9.42. The quantitative estimate of drug-likeness (QED) is 0.619. The first-order valence-electron chi connectivity index (χ1n) is 5.51. The number of hydrogen-bond donors (Lipinski definition) is 2. The van der Waals surface area contributed by atoms with Crippen LogP contribution in [0, 0.1) is 0 Å². The maximum Gasteiger partial charge on any atom is 0.234 e. The van der Waals surface area contributed by atoms with Gasteiger partial charge in [0.15, 0.2) is 0 Å². The minimum atomic E-state index is 0.165. The molecule has 88 valence electrons. The molecule has 0 atom stereocenters. The van der Waals surface area contributed by atoms with Crippen molar-refractivity contribution in [1.29, 1.82) is 0 Å². The van der Waals surface area contributed by atoms with Crippen molar-refractivity contribution < 1.29 is 4.79 Å². The average molecular weight is 231 g/mol. The summed E-state index contributed by atoms with van der Waals surface area (Å²) < 4.78 is 0. The van der Waals surface area contributed by atoms with Crippen LogP contribution in [0.1, 0.15) is 6.42 Å². The molecule has 1 amide bonds. The van der Waals surface area contributed by atoms with Gasteiger partial charge in [-0.1, -0.05) is 0 Å². The number of hydrogen-bond acceptors (Lipinski definition) is 4. The van der Waals surface area contributed by atoms with Crippen LogP contribution in [-0.4, -0.2) is 62.1 Å². The van der Waals surface area contributed by atoms with Crippen molar-refractivity contribution in [2.75, 3.05) is 51.3 Å². The molecule has 2 N–H and O–H groups in total. The van der Waals surface area contributed by atoms with Gasteiger partial charge in [0.2, 0.25) is 5.91 Å². The highest BCUT2D eigenvalue weighted by Gasteiger charge is 2.12. The Morgan fingerprint density at radius 2 is 2.20 bits per heavy atom. The highest BCUT2D eigenvalue weighted by Crippen LogP contribution is 1.94. The van der Waals surface area contributed by atoms with Crippen LogP contribution in [0.2, 0.25) is 0 Å². The molecule has 0 unspecified atom stereocenters. The molecule has 0 aromatic heterocycles. The van der Waals surface area contributed by atoms with Crippen LogP contribution in [0.5, 0.6) is 0 Å². The van der Waals surface area contributed by atoms with E-state index in [2.05, 4.69) is 21.8 Å².